The number of carbonyl (C=O) groups is 1. The van der Waals surface area contributed by atoms with E-state index in [1.165, 1.54) is 23.7 Å². The number of fused-ring (bicyclic) bond motifs is 3. The summed E-state index contributed by atoms with van der Waals surface area (Å²) in [5.74, 6) is 0.715. The zero-order valence-corrected chi connectivity index (χ0v) is 15.4. The van der Waals surface area contributed by atoms with Crippen LogP contribution in [-0.4, -0.2) is 20.0 Å². The number of para-hydroxylation sites is 1. The maximum absolute atomic E-state index is 12.8. The van der Waals surface area contributed by atoms with Crippen molar-refractivity contribution in [2.75, 3.05) is 0 Å². The summed E-state index contributed by atoms with van der Waals surface area (Å²) < 4.78 is 4.42. The first-order valence-corrected chi connectivity index (χ1v) is 9.46. The lowest BCUT2D eigenvalue weighted by molar-refractivity contribution is 0.0943. The lowest BCUT2D eigenvalue weighted by atomic mass is 10.2. The maximum Gasteiger partial charge on any atom is 0.268 e. The zero-order chi connectivity index (χ0) is 18.4. The summed E-state index contributed by atoms with van der Waals surface area (Å²) >= 11 is 0. The van der Waals surface area contributed by atoms with E-state index in [0.717, 1.165) is 29.1 Å². The Kier molecular flexibility index (Phi) is 3.74. The van der Waals surface area contributed by atoms with Crippen molar-refractivity contribution in [2.45, 2.75) is 25.9 Å². The highest BCUT2D eigenvalue weighted by Crippen LogP contribution is 2.36. The summed E-state index contributed by atoms with van der Waals surface area (Å²) in [5.41, 5.74) is 5.23. The van der Waals surface area contributed by atoms with E-state index in [-0.39, 0.29) is 5.91 Å². The lowest BCUT2D eigenvalue weighted by Crippen LogP contribution is -2.24. The number of amides is 1. The number of benzene rings is 1. The smallest absolute Gasteiger partial charge is 0.268 e. The molecule has 0 radical (unpaired) electrons. The van der Waals surface area contributed by atoms with Crippen LogP contribution in [0.2, 0.25) is 0 Å². The number of hydrogen-bond acceptors (Lipinski definition) is 2. The molecule has 1 N–H and O–H groups in total. The second-order valence-electron chi connectivity index (χ2n) is 7.44. The average molecular weight is 358 g/mol. The van der Waals surface area contributed by atoms with Gasteiger partial charge < -0.3 is 14.5 Å². The predicted octanol–water partition coefficient (Wildman–Crippen LogP) is 3.87. The third-order valence-electron chi connectivity index (χ3n) is 5.50. The number of aromatic nitrogens is 3. The molecule has 1 fully saturated rings. The van der Waals surface area contributed by atoms with Gasteiger partial charge in [0.2, 0.25) is 0 Å². The molecule has 1 aliphatic rings. The van der Waals surface area contributed by atoms with Crippen LogP contribution in [0.1, 0.15) is 28.9 Å². The quantitative estimate of drug-likeness (QED) is 0.589. The van der Waals surface area contributed by atoms with Gasteiger partial charge >= 0.3 is 0 Å². The normalized spacial score (nSPS) is 14.1. The van der Waals surface area contributed by atoms with Gasteiger partial charge in [-0.15, -0.1) is 0 Å². The van der Waals surface area contributed by atoms with E-state index in [4.69, 9.17) is 0 Å². The van der Waals surface area contributed by atoms with Gasteiger partial charge in [-0.3, -0.25) is 9.78 Å². The monoisotopic (exact) mass is 358 g/mol. The molecular weight excluding hydrogens is 336 g/mol. The van der Waals surface area contributed by atoms with E-state index >= 15 is 0 Å². The van der Waals surface area contributed by atoms with Crippen LogP contribution in [0, 0.1) is 5.92 Å². The summed E-state index contributed by atoms with van der Waals surface area (Å²) in [4.78, 5) is 16.9. The molecule has 5 heteroatoms. The Labute approximate surface area is 157 Å². The van der Waals surface area contributed by atoms with Crippen molar-refractivity contribution in [1.29, 1.82) is 0 Å². The Hall–Kier alpha value is -3.08. The van der Waals surface area contributed by atoms with E-state index in [9.17, 15) is 4.79 Å². The van der Waals surface area contributed by atoms with E-state index in [1.54, 1.807) is 12.4 Å². The van der Waals surface area contributed by atoms with E-state index in [0.29, 0.717) is 12.2 Å². The topological polar surface area (TPSA) is 51.9 Å². The van der Waals surface area contributed by atoms with Crippen LogP contribution >= 0.6 is 0 Å². The maximum atomic E-state index is 12.8. The largest absolute Gasteiger partial charge is 0.347 e. The summed E-state index contributed by atoms with van der Waals surface area (Å²) in [6.45, 7) is 1.51. The number of nitrogens with zero attached hydrogens (tertiary/aromatic N) is 3. The van der Waals surface area contributed by atoms with Crippen molar-refractivity contribution in [1.82, 2.24) is 19.4 Å². The molecule has 0 aliphatic heterocycles. The Morgan fingerprint density at radius 2 is 2.04 bits per heavy atom. The van der Waals surface area contributed by atoms with Crippen molar-refractivity contribution >= 4 is 27.8 Å². The van der Waals surface area contributed by atoms with Crippen LogP contribution in [0.15, 0.2) is 54.9 Å². The fourth-order valence-corrected chi connectivity index (χ4v) is 3.90. The second-order valence-corrected chi connectivity index (χ2v) is 7.44. The third kappa shape index (κ3) is 2.79. The molecule has 0 atom stereocenters. The summed E-state index contributed by atoms with van der Waals surface area (Å²) in [7, 11) is 1.98. The summed E-state index contributed by atoms with van der Waals surface area (Å²) in [5, 5.41) is 4.23. The Bertz CT molecular complexity index is 1140. The first-order chi connectivity index (χ1) is 13.2. The molecule has 3 aromatic heterocycles. The van der Waals surface area contributed by atoms with Gasteiger partial charge in [-0.1, -0.05) is 24.3 Å². The van der Waals surface area contributed by atoms with Gasteiger partial charge in [0.15, 0.2) is 0 Å². The highest BCUT2D eigenvalue weighted by molar-refractivity contribution is 6.10. The minimum absolute atomic E-state index is 0.0559. The highest BCUT2D eigenvalue weighted by Gasteiger charge is 2.26. The fourth-order valence-electron chi connectivity index (χ4n) is 3.90. The van der Waals surface area contributed by atoms with Crippen molar-refractivity contribution in [2.24, 2.45) is 13.0 Å². The van der Waals surface area contributed by atoms with E-state index in [2.05, 4.69) is 39.1 Å². The number of rotatable bonds is 5. The minimum Gasteiger partial charge on any atom is -0.347 e. The average Bonchev–Trinajstić information content (AvgIpc) is 3.39. The molecule has 0 saturated heterocycles. The first kappa shape index (κ1) is 16.1. The van der Waals surface area contributed by atoms with Crippen molar-refractivity contribution in [3.8, 4) is 0 Å². The number of nitrogens with one attached hydrogen (secondary N) is 1. The van der Waals surface area contributed by atoms with Crippen LogP contribution in [0.3, 0.4) is 0 Å². The molecule has 1 amide bonds. The van der Waals surface area contributed by atoms with Gasteiger partial charge in [0.05, 0.1) is 16.6 Å². The third-order valence-corrected chi connectivity index (χ3v) is 5.50. The molecule has 27 heavy (non-hydrogen) atoms. The molecule has 4 aromatic rings. The van der Waals surface area contributed by atoms with Gasteiger partial charge in [0.25, 0.3) is 5.91 Å². The summed E-state index contributed by atoms with van der Waals surface area (Å²) in [6.07, 6.45) is 6.12. The van der Waals surface area contributed by atoms with Crippen LogP contribution < -0.4 is 5.32 Å². The number of pyridine rings is 1. The predicted molar refractivity (Wildman–Crippen MR) is 107 cm³/mol. The Balaban J connectivity index is 1.53. The number of hydrogen-bond donors (Lipinski definition) is 1. The van der Waals surface area contributed by atoms with Gasteiger partial charge in [-0.25, -0.2) is 0 Å². The van der Waals surface area contributed by atoms with Crippen molar-refractivity contribution < 1.29 is 4.79 Å². The van der Waals surface area contributed by atoms with E-state index in [1.807, 2.05) is 29.8 Å². The van der Waals surface area contributed by atoms with Crippen LogP contribution in [0.25, 0.3) is 21.9 Å². The molecule has 0 unspecified atom stereocenters. The highest BCUT2D eigenvalue weighted by atomic mass is 16.1. The van der Waals surface area contributed by atoms with Crippen LogP contribution in [0.4, 0.5) is 0 Å². The molecule has 5 rings (SSSR count). The lowest BCUT2D eigenvalue weighted by Gasteiger charge is -2.07. The van der Waals surface area contributed by atoms with Crippen LogP contribution in [-0.2, 0) is 20.1 Å². The standard InChI is InChI=1S/C22H22N4O/c1-25-20(22(27)24-13-16-5-4-10-23-12-16)11-19-21(25)17-6-2-3-7-18(17)26(19)14-15-8-9-15/h2-7,10-12,15H,8-9,13-14H2,1H3,(H,24,27). The number of carbonyl (C=O) groups excluding carboxylic acids is 1. The molecule has 3 heterocycles. The molecule has 5 nitrogen and oxygen atoms in total. The molecule has 1 saturated carbocycles. The molecule has 1 aromatic carbocycles. The summed E-state index contributed by atoms with van der Waals surface area (Å²) in [6, 6.07) is 14.4. The molecule has 136 valence electrons. The first-order valence-electron chi connectivity index (χ1n) is 9.46. The van der Waals surface area contributed by atoms with Crippen molar-refractivity contribution in [3.05, 3.63) is 66.1 Å². The molecular formula is C22H22N4O. The SMILES string of the molecule is Cn1c(C(=O)NCc2cccnc2)cc2c1c1ccccc1n2CC1CC1. The van der Waals surface area contributed by atoms with Gasteiger partial charge in [0.1, 0.15) is 5.69 Å². The van der Waals surface area contributed by atoms with Gasteiger partial charge in [-0.2, -0.15) is 0 Å². The Morgan fingerprint density at radius 1 is 1.19 bits per heavy atom. The van der Waals surface area contributed by atoms with Crippen molar-refractivity contribution in [3.63, 3.8) is 0 Å². The molecule has 0 spiro atoms. The van der Waals surface area contributed by atoms with E-state index < -0.39 is 0 Å². The van der Waals surface area contributed by atoms with Crippen LogP contribution in [0.5, 0.6) is 0 Å². The van der Waals surface area contributed by atoms with Gasteiger partial charge in [-0.05, 0) is 42.5 Å². The second kappa shape index (κ2) is 6.27. The fraction of sp³-hybridized carbons (Fsp3) is 0.273. The van der Waals surface area contributed by atoms with Gasteiger partial charge in [0, 0.05) is 37.9 Å². The number of aryl methyl sites for hydroxylation is 1. The zero-order valence-electron chi connectivity index (χ0n) is 15.4. The minimum atomic E-state index is -0.0559. The Morgan fingerprint density at radius 3 is 2.81 bits per heavy atom. The molecule has 1 aliphatic carbocycles. The molecule has 0 bridgehead atoms.